The van der Waals surface area contributed by atoms with Crippen LogP contribution in [0.1, 0.15) is 80.9 Å². The van der Waals surface area contributed by atoms with Crippen molar-refractivity contribution in [1.29, 1.82) is 0 Å². The minimum atomic E-state index is -4.38. The van der Waals surface area contributed by atoms with Crippen molar-refractivity contribution < 1.29 is 26.7 Å². The van der Waals surface area contributed by atoms with Gasteiger partial charge >= 0.3 is 6.18 Å². The molecule has 1 aliphatic rings. The molecule has 0 aliphatic heterocycles. The van der Waals surface area contributed by atoms with E-state index in [1.807, 2.05) is 13.0 Å². The first kappa shape index (κ1) is 27.0. The molecule has 1 aliphatic carbocycles. The minimum Gasteiger partial charge on any atom is -0.381 e. The van der Waals surface area contributed by atoms with Crippen molar-refractivity contribution in [1.82, 2.24) is 0 Å². The fourth-order valence-electron chi connectivity index (χ4n) is 4.46. The number of carbonyl (C=O) groups excluding carboxylic acids is 1. The zero-order valence-corrected chi connectivity index (χ0v) is 19.9. The zero-order chi connectivity index (χ0) is 25.4. The first-order valence-corrected chi connectivity index (χ1v) is 12.3. The molecule has 2 atom stereocenters. The molecule has 0 aromatic heterocycles. The number of unbranched alkanes of at least 4 members (excludes halogenated alkanes) is 1. The average molecular weight is 497 g/mol. The number of nitrogens with one attached hydrogen (secondary N) is 2. The van der Waals surface area contributed by atoms with Crippen molar-refractivity contribution in [2.75, 3.05) is 10.6 Å². The van der Waals surface area contributed by atoms with Gasteiger partial charge < -0.3 is 10.6 Å². The van der Waals surface area contributed by atoms with Crippen molar-refractivity contribution in [3.05, 3.63) is 59.2 Å². The normalized spacial score (nSPS) is 16.5. The van der Waals surface area contributed by atoms with Crippen LogP contribution in [0.5, 0.6) is 0 Å². The van der Waals surface area contributed by atoms with Crippen LogP contribution in [0.4, 0.5) is 33.3 Å². The molecule has 1 saturated carbocycles. The van der Waals surface area contributed by atoms with E-state index in [9.17, 15) is 26.7 Å². The Kier molecular flexibility index (Phi) is 9.52. The third-order valence-corrected chi connectivity index (χ3v) is 6.53. The summed E-state index contributed by atoms with van der Waals surface area (Å²) in [5, 5.41) is 5.81. The Bertz CT molecular complexity index is 955. The first-order chi connectivity index (χ1) is 16.7. The molecule has 0 unspecified atom stereocenters. The summed E-state index contributed by atoms with van der Waals surface area (Å²) in [6.45, 7) is 2.20. The lowest BCUT2D eigenvalue weighted by atomic mass is 9.83. The van der Waals surface area contributed by atoms with E-state index in [0.29, 0.717) is 24.2 Å². The molecule has 8 heteroatoms. The molecule has 0 bridgehead atoms. The number of benzene rings is 2. The number of rotatable bonds is 10. The molecule has 0 spiro atoms. The highest BCUT2D eigenvalue weighted by Gasteiger charge is 2.30. The summed E-state index contributed by atoms with van der Waals surface area (Å²) in [6, 6.07) is 10.3. The number of anilines is 2. The van der Waals surface area contributed by atoms with Gasteiger partial charge in [0.15, 0.2) is 0 Å². The Morgan fingerprint density at radius 1 is 1.03 bits per heavy atom. The van der Waals surface area contributed by atoms with E-state index in [1.165, 1.54) is 12.1 Å². The molecule has 35 heavy (non-hydrogen) atoms. The van der Waals surface area contributed by atoms with Gasteiger partial charge in [-0.25, -0.2) is 8.78 Å². The van der Waals surface area contributed by atoms with Crippen LogP contribution >= 0.6 is 0 Å². The summed E-state index contributed by atoms with van der Waals surface area (Å²) in [6.07, 6.45) is -2.08. The third kappa shape index (κ3) is 7.67. The Morgan fingerprint density at radius 3 is 2.34 bits per heavy atom. The molecule has 1 fully saturated rings. The molecule has 2 aromatic carbocycles. The number of hydrogen-bond acceptors (Lipinski definition) is 2. The molecule has 1 amide bonds. The van der Waals surface area contributed by atoms with Crippen LogP contribution in [0.2, 0.25) is 0 Å². The second-order valence-electron chi connectivity index (χ2n) is 9.23. The van der Waals surface area contributed by atoms with Gasteiger partial charge in [-0.3, -0.25) is 4.79 Å². The Labute approximate surface area is 203 Å². The number of amides is 1. The molecule has 2 aromatic rings. The van der Waals surface area contributed by atoms with Gasteiger partial charge in [0.25, 0.3) is 5.91 Å². The molecule has 2 N–H and O–H groups in total. The van der Waals surface area contributed by atoms with Gasteiger partial charge in [-0.05, 0) is 66.6 Å². The fourth-order valence-corrected chi connectivity index (χ4v) is 4.46. The van der Waals surface area contributed by atoms with Gasteiger partial charge in [-0.2, -0.15) is 13.2 Å². The number of carbonyl (C=O) groups is 1. The maximum atomic E-state index is 14.4. The maximum Gasteiger partial charge on any atom is 0.416 e. The number of hydrogen-bond donors (Lipinski definition) is 2. The van der Waals surface area contributed by atoms with Crippen molar-refractivity contribution >= 4 is 17.3 Å². The maximum absolute atomic E-state index is 14.4. The second kappa shape index (κ2) is 12.4. The van der Waals surface area contributed by atoms with Gasteiger partial charge in [0.05, 0.1) is 5.56 Å². The summed E-state index contributed by atoms with van der Waals surface area (Å²) in [4.78, 5) is 12.4. The predicted molar refractivity (Wildman–Crippen MR) is 129 cm³/mol. The average Bonchev–Trinajstić information content (AvgIpc) is 2.86. The van der Waals surface area contributed by atoms with E-state index in [2.05, 4.69) is 10.6 Å². The standard InChI is InChI=1S/C27H33F5N2O/c1-2-3-9-23(28)25(29)26(35)34-24-15-14-21(16-22(24)19-7-5-4-6-8-19)33-17-18-10-12-20(13-11-18)27(30,31)32/h10-16,19,23,25,33H,2-9,17H2,1H3,(H,34,35)/t23-,25+/m1/s1. The van der Waals surface area contributed by atoms with Gasteiger partial charge in [-0.1, -0.05) is 51.2 Å². The van der Waals surface area contributed by atoms with Gasteiger partial charge in [-0.15, -0.1) is 0 Å². The van der Waals surface area contributed by atoms with E-state index in [1.54, 1.807) is 12.1 Å². The van der Waals surface area contributed by atoms with Crippen LogP contribution in [0.25, 0.3) is 0 Å². The molecular weight excluding hydrogens is 463 g/mol. The minimum absolute atomic E-state index is 0.00732. The molecule has 0 heterocycles. The largest absolute Gasteiger partial charge is 0.416 e. The lowest BCUT2D eigenvalue weighted by Gasteiger charge is -2.26. The summed E-state index contributed by atoms with van der Waals surface area (Å²) < 4.78 is 66.8. The van der Waals surface area contributed by atoms with Gasteiger partial charge in [0, 0.05) is 17.9 Å². The van der Waals surface area contributed by atoms with Crippen molar-refractivity contribution in [2.24, 2.45) is 0 Å². The van der Waals surface area contributed by atoms with Gasteiger partial charge in [0.2, 0.25) is 6.17 Å². The highest BCUT2D eigenvalue weighted by molar-refractivity contribution is 5.95. The fraction of sp³-hybridized carbons (Fsp3) is 0.519. The van der Waals surface area contributed by atoms with Crippen LogP contribution in [-0.2, 0) is 17.5 Å². The molecule has 3 rings (SSSR count). The topological polar surface area (TPSA) is 41.1 Å². The van der Waals surface area contributed by atoms with E-state index in [-0.39, 0.29) is 12.3 Å². The molecule has 192 valence electrons. The van der Waals surface area contributed by atoms with Crippen molar-refractivity contribution in [3.63, 3.8) is 0 Å². The van der Waals surface area contributed by atoms with Crippen LogP contribution in [0.15, 0.2) is 42.5 Å². The van der Waals surface area contributed by atoms with E-state index in [4.69, 9.17) is 0 Å². The van der Waals surface area contributed by atoms with E-state index in [0.717, 1.165) is 61.9 Å². The monoisotopic (exact) mass is 496 g/mol. The summed E-state index contributed by atoms with van der Waals surface area (Å²) in [5.74, 6) is -0.790. The summed E-state index contributed by atoms with van der Waals surface area (Å²) in [5.41, 5.74) is 2.08. The summed E-state index contributed by atoms with van der Waals surface area (Å²) in [7, 11) is 0. The lowest BCUT2D eigenvalue weighted by Crippen LogP contribution is -2.32. The lowest BCUT2D eigenvalue weighted by molar-refractivity contribution is -0.137. The quantitative estimate of drug-likeness (QED) is 0.326. The molecule has 0 radical (unpaired) electrons. The Balaban J connectivity index is 1.73. The van der Waals surface area contributed by atoms with E-state index < -0.39 is 30.0 Å². The van der Waals surface area contributed by atoms with Crippen LogP contribution in [0.3, 0.4) is 0 Å². The molecule has 3 nitrogen and oxygen atoms in total. The first-order valence-electron chi connectivity index (χ1n) is 12.3. The smallest absolute Gasteiger partial charge is 0.381 e. The predicted octanol–water partition coefficient (Wildman–Crippen LogP) is 8.17. The van der Waals surface area contributed by atoms with Crippen molar-refractivity contribution in [3.8, 4) is 0 Å². The van der Waals surface area contributed by atoms with Crippen LogP contribution in [-0.4, -0.2) is 18.3 Å². The third-order valence-electron chi connectivity index (χ3n) is 6.53. The Morgan fingerprint density at radius 2 is 1.71 bits per heavy atom. The SMILES string of the molecule is CCCC[C@@H](F)[C@H](F)C(=O)Nc1ccc(NCc2ccc(C(F)(F)F)cc2)cc1C1CCCCC1. The van der Waals surface area contributed by atoms with Gasteiger partial charge in [0.1, 0.15) is 6.17 Å². The van der Waals surface area contributed by atoms with Crippen LogP contribution in [0, 0.1) is 0 Å². The highest BCUT2D eigenvalue weighted by atomic mass is 19.4. The highest BCUT2D eigenvalue weighted by Crippen LogP contribution is 2.38. The number of alkyl halides is 5. The van der Waals surface area contributed by atoms with Crippen LogP contribution < -0.4 is 10.6 Å². The molecule has 0 saturated heterocycles. The van der Waals surface area contributed by atoms with Crippen molar-refractivity contribution in [2.45, 2.75) is 89.3 Å². The summed E-state index contributed by atoms with van der Waals surface area (Å²) >= 11 is 0. The number of halogens is 5. The van der Waals surface area contributed by atoms with E-state index >= 15 is 0 Å². The zero-order valence-electron chi connectivity index (χ0n) is 19.9. The second-order valence-corrected chi connectivity index (χ2v) is 9.23. The Hall–Kier alpha value is -2.64. The molecular formula is C27H33F5N2O.